The standard InChI is InChI=1S/C17H17F3O/c1-11-6-7-15(12(2)8-11)16(21)10-13-4-3-5-14(9-13)17(18,19)20/h3-9,16,21H,10H2,1-2H3. The summed E-state index contributed by atoms with van der Waals surface area (Å²) in [5, 5.41) is 10.3. The molecular weight excluding hydrogens is 277 g/mol. The number of aryl methyl sites for hydroxylation is 2. The van der Waals surface area contributed by atoms with Gasteiger partial charge in [0, 0.05) is 6.42 Å². The van der Waals surface area contributed by atoms with Crippen molar-refractivity contribution in [2.45, 2.75) is 32.5 Å². The highest BCUT2D eigenvalue weighted by Crippen LogP contribution is 2.30. The lowest BCUT2D eigenvalue weighted by molar-refractivity contribution is -0.137. The van der Waals surface area contributed by atoms with Crippen LogP contribution in [0.4, 0.5) is 13.2 Å². The van der Waals surface area contributed by atoms with E-state index < -0.39 is 17.8 Å². The highest BCUT2D eigenvalue weighted by molar-refractivity contribution is 5.34. The van der Waals surface area contributed by atoms with Crippen molar-refractivity contribution in [3.63, 3.8) is 0 Å². The first-order valence-corrected chi connectivity index (χ1v) is 6.69. The van der Waals surface area contributed by atoms with Gasteiger partial charge in [0.2, 0.25) is 0 Å². The topological polar surface area (TPSA) is 20.2 Å². The van der Waals surface area contributed by atoms with Crippen LogP contribution in [0.25, 0.3) is 0 Å². The van der Waals surface area contributed by atoms with Gasteiger partial charge in [-0.05, 0) is 36.6 Å². The Kier molecular flexibility index (Phi) is 4.37. The lowest BCUT2D eigenvalue weighted by atomic mass is 9.96. The van der Waals surface area contributed by atoms with Crippen LogP contribution < -0.4 is 0 Å². The summed E-state index contributed by atoms with van der Waals surface area (Å²) in [7, 11) is 0. The van der Waals surface area contributed by atoms with E-state index in [1.807, 2.05) is 32.0 Å². The fraction of sp³-hybridized carbons (Fsp3) is 0.294. The van der Waals surface area contributed by atoms with Crippen LogP contribution in [0, 0.1) is 13.8 Å². The van der Waals surface area contributed by atoms with Crippen molar-refractivity contribution in [3.05, 3.63) is 70.3 Å². The molecule has 2 aromatic carbocycles. The van der Waals surface area contributed by atoms with Gasteiger partial charge in [0.05, 0.1) is 11.7 Å². The molecule has 0 aromatic heterocycles. The molecule has 2 rings (SSSR count). The van der Waals surface area contributed by atoms with E-state index in [9.17, 15) is 18.3 Å². The van der Waals surface area contributed by atoms with Gasteiger partial charge in [-0.2, -0.15) is 13.2 Å². The van der Waals surface area contributed by atoms with E-state index in [1.54, 1.807) is 6.07 Å². The molecule has 0 aliphatic carbocycles. The molecule has 0 amide bonds. The number of hydrogen-bond donors (Lipinski definition) is 1. The Morgan fingerprint density at radius 2 is 1.76 bits per heavy atom. The summed E-state index contributed by atoms with van der Waals surface area (Å²) in [6.45, 7) is 3.84. The number of rotatable bonds is 3. The molecule has 112 valence electrons. The summed E-state index contributed by atoms with van der Waals surface area (Å²) < 4.78 is 38.0. The molecule has 2 aromatic rings. The van der Waals surface area contributed by atoms with Gasteiger partial charge in [-0.25, -0.2) is 0 Å². The molecule has 1 N–H and O–H groups in total. The Labute approximate surface area is 122 Å². The van der Waals surface area contributed by atoms with Gasteiger partial charge < -0.3 is 5.11 Å². The van der Waals surface area contributed by atoms with Gasteiger partial charge in [-0.15, -0.1) is 0 Å². The Morgan fingerprint density at radius 3 is 2.38 bits per heavy atom. The average Bonchev–Trinajstić information content (AvgIpc) is 2.37. The fourth-order valence-electron chi connectivity index (χ4n) is 2.41. The third-order valence-corrected chi connectivity index (χ3v) is 3.47. The Hall–Kier alpha value is -1.81. The molecule has 0 fully saturated rings. The first-order chi connectivity index (χ1) is 9.77. The van der Waals surface area contributed by atoms with E-state index in [2.05, 4.69) is 0 Å². The van der Waals surface area contributed by atoms with Gasteiger partial charge in [0.15, 0.2) is 0 Å². The van der Waals surface area contributed by atoms with Crippen LogP contribution in [0.2, 0.25) is 0 Å². The van der Waals surface area contributed by atoms with Crippen LogP contribution in [0.15, 0.2) is 42.5 Å². The highest BCUT2D eigenvalue weighted by Gasteiger charge is 2.30. The molecule has 0 saturated heterocycles. The Balaban J connectivity index is 2.21. The number of aliphatic hydroxyl groups is 1. The summed E-state index contributed by atoms with van der Waals surface area (Å²) in [5.74, 6) is 0. The van der Waals surface area contributed by atoms with Gasteiger partial charge in [-0.1, -0.05) is 42.0 Å². The Bertz CT molecular complexity index is 632. The maximum Gasteiger partial charge on any atom is 0.416 e. The first-order valence-electron chi connectivity index (χ1n) is 6.69. The largest absolute Gasteiger partial charge is 0.416 e. The molecule has 0 aliphatic heterocycles. The molecule has 0 saturated carbocycles. The van der Waals surface area contributed by atoms with Crippen molar-refractivity contribution in [2.24, 2.45) is 0 Å². The first kappa shape index (κ1) is 15.6. The van der Waals surface area contributed by atoms with Gasteiger partial charge in [-0.3, -0.25) is 0 Å². The molecule has 0 bridgehead atoms. The smallest absolute Gasteiger partial charge is 0.388 e. The van der Waals surface area contributed by atoms with Crippen molar-refractivity contribution in [1.82, 2.24) is 0 Å². The number of alkyl halides is 3. The van der Waals surface area contributed by atoms with Crippen molar-refractivity contribution in [2.75, 3.05) is 0 Å². The van der Waals surface area contributed by atoms with Gasteiger partial charge >= 0.3 is 6.18 Å². The minimum Gasteiger partial charge on any atom is -0.388 e. The minimum absolute atomic E-state index is 0.161. The normalized spacial score (nSPS) is 13.2. The lowest BCUT2D eigenvalue weighted by Gasteiger charge is -2.15. The van der Waals surface area contributed by atoms with Crippen LogP contribution in [-0.4, -0.2) is 5.11 Å². The van der Waals surface area contributed by atoms with E-state index in [4.69, 9.17) is 0 Å². The van der Waals surface area contributed by atoms with E-state index in [0.717, 1.165) is 28.8 Å². The second-order valence-corrected chi connectivity index (χ2v) is 5.28. The van der Waals surface area contributed by atoms with Gasteiger partial charge in [0.25, 0.3) is 0 Å². The van der Waals surface area contributed by atoms with E-state index in [0.29, 0.717) is 5.56 Å². The summed E-state index contributed by atoms with van der Waals surface area (Å²) in [5.41, 5.74) is 2.56. The number of aliphatic hydroxyl groups excluding tert-OH is 1. The van der Waals surface area contributed by atoms with E-state index in [1.165, 1.54) is 6.07 Å². The summed E-state index contributed by atoms with van der Waals surface area (Å²) in [6.07, 6.45) is -5.01. The third-order valence-electron chi connectivity index (χ3n) is 3.47. The highest BCUT2D eigenvalue weighted by atomic mass is 19.4. The number of benzene rings is 2. The molecule has 1 unspecified atom stereocenters. The van der Waals surface area contributed by atoms with Crippen molar-refractivity contribution < 1.29 is 18.3 Å². The predicted molar refractivity (Wildman–Crippen MR) is 76.0 cm³/mol. The average molecular weight is 294 g/mol. The SMILES string of the molecule is Cc1ccc(C(O)Cc2cccc(C(F)(F)F)c2)c(C)c1. The molecule has 4 heteroatoms. The van der Waals surface area contributed by atoms with Crippen LogP contribution in [0.1, 0.15) is 33.9 Å². The van der Waals surface area contributed by atoms with E-state index >= 15 is 0 Å². The summed E-state index contributed by atoms with van der Waals surface area (Å²) in [6, 6.07) is 10.7. The van der Waals surface area contributed by atoms with E-state index in [-0.39, 0.29) is 6.42 Å². The zero-order valence-electron chi connectivity index (χ0n) is 11.9. The maximum atomic E-state index is 12.7. The zero-order valence-corrected chi connectivity index (χ0v) is 11.9. The monoisotopic (exact) mass is 294 g/mol. The van der Waals surface area contributed by atoms with Crippen molar-refractivity contribution in [1.29, 1.82) is 0 Å². The third kappa shape index (κ3) is 3.85. The molecular formula is C17H17F3O. The van der Waals surface area contributed by atoms with Gasteiger partial charge in [0.1, 0.15) is 0 Å². The summed E-state index contributed by atoms with van der Waals surface area (Å²) >= 11 is 0. The van der Waals surface area contributed by atoms with Crippen molar-refractivity contribution in [3.8, 4) is 0 Å². The fourth-order valence-corrected chi connectivity index (χ4v) is 2.41. The maximum absolute atomic E-state index is 12.7. The zero-order chi connectivity index (χ0) is 15.6. The second-order valence-electron chi connectivity index (χ2n) is 5.28. The van der Waals surface area contributed by atoms with Crippen LogP contribution >= 0.6 is 0 Å². The molecule has 0 heterocycles. The molecule has 0 radical (unpaired) electrons. The minimum atomic E-state index is -4.36. The molecule has 1 nitrogen and oxygen atoms in total. The number of halogens is 3. The summed E-state index contributed by atoms with van der Waals surface area (Å²) in [4.78, 5) is 0. The van der Waals surface area contributed by atoms with Crippen LogP contribution in [-0.2, 0) is 12.6 Å². The predicted octanol–water partition coefficient (Wildman–Crippen LogP) is 4.60. The van der Waals surface area contributed by atoms with Crippen LogP contribution in [0.3, 0.4) is 0 Å². The molecule has 21 heavy (non-hydrogen) atoms. The Morgan fingerprint density at radius 1 is 1.05 bits per heavy atom. The lowest BCUT2D eigenvalue weighted by Crippen LogP contribution is -2.08. The number of hydrogen-bond acceptors (Lipinski definition) is 1. The molecule has 0 aliphatic rings. The molecule has 1 atom stereocenters. The quantitative estimate of drug-likeness (QED) is 0.877. The molecule has 0 spiro atoms. The van der Waals surface area contributed by atoms with Crippen molar-refractivity contribution >= 4 is 0 Å². The van der Waals surface area contributed by atoms with Crippen LogP contribution in [0.5, 0.6) is 0 Å². The second kappa shape index (κ2) is 5.90.